The van der Waals surface area contributed by atoms with E-state index in [2.05, 4.69) is 17.4 Å². The topological polar surface area (TPSA) is 70.6 Å². The Morgan fingerprint density at radius 2 is 2.38 bits per heavy atom. The summed E-state index contributed by atoms with van der Waals surface area (Å²) in [7, 11) is 0. The van der Waals surface area contributed by atoms with Crippen molar-refractivity contribution in [3.8, 4) is 0 Å². The Hall–Kier alpha value is -0.770. The fourth-order valence-electron chi connectivity index (χ4n) is 1.37. The van der Waals surface area contributed by atoms with Crippen molar-refractivity contribution in [3.63, 3.8) is 0 Å². The number of nitrogens with one attached hydrogen (secondary N) is 1. The van der Waals surface area contributed by atoms with Gasteiger partial charge in [0.05, 0.1) is 0 Å². The molecule has 0 saturated heterocycles. The van der Waals surface area contributed by atoms with E-state index in [0.717, 1.165) is 24.9 Å². The van der Waals surface area contributed by atoms with Crippen molar-refractivity contribution in [3.05, 3.63) is 0 Å². The van der Waals surface area contributed by atoms with Gasteiger partial charge in [-0.25, -0.2) is 0 Å². The van der Waals surface area contributed by atoms with Gasteiger partial charge in [0.2, 0.25) is 0 Å². The van der Waals surface area contributed by atoms with Crippen molar-refractivity contribution in [2.24, 2.45) is 28.6 Å². The number of amidine groups is 1. The summed E-state index contributed by atoms with van der Waals surface area (Å²) in [6.07, 6.45) is 1.34. The van der Waals surface area contributed by atoms with Crippen molar-refractivity contribution in [1.82, 2.24) is 5.32 Å². The summed E-state index contributed by atoms with van der Waals surface area (Å²) >= 11 is 0. The number of nitrogens with two attached hydrogens (primary N) is 1. The Morgan fingerprint density at radius 3 is 2.85 bits per heavy atom. The molecule has 0 aliphatic heterocycles. The molecule has 4 heteroatoms. The minimum atomic E-state index is 0.110. The van der Waals surface area contributed by atoms with Crippen LogP contribution >= 0.6 is 0 Å². The van der Waals surface area contributed by atoms with Gasteiger partial charge in [-0.1, -0.05) is 19.0 Å². The fraction of sp³-hybridized carbons (Fsp3) is 0.889. The molecule has 0 heterocycles. The second-order valence-electron chi connectivity index (χ2n) is 4.06. The molecule has 0 aromatic rings. The zero-order valence-electron chi connectivity index (χ0n) is 8.33. The molecule has 0 bridgehead atoms. The molecule has 0 radical (unpaired) electrons. The second kappa shape index (κ2) is 4.46. The molecule has 76 valence electrons. The van der Waals surface area contributed by atoms with Gasteiger partial charge in [-0.15, -0.1) is 0 Å². The molecule has 0 aromatic heterocycles. The normalized spacial score (nSPS) is 30.2. The molecular formula is C9H19N3O. The van der Waals surface area contributed by atoms with Crippen LogP contribution in [-0.4, -0.2) is 24.1 Å². The van der Waals surface area contributed by atoms with E-state index in [0.29, 0.717) is 5.84 Å². The summed E-state index contributed by atoms with van der Waals surface area (Å²) in [4.78, 5) is 0. The van der Waals surface area contributed by atoms with Crippen LogP contribution in [0.4, 0.5) is 0 Å². The summed E-state index contributed by atoms with van der Waals surface area (Å²) in [6.45, 7) is 6.06. The van der Waals surface area contributed by atoms with Gasteiger partial charge in [0.1, 0.15) is 5.84 Å². The molecule has 1 aliphatic rings. The first-order valence-corrected chi connectivity index (χ1v) is 4.83. The molecule has 0 aromatic carbocycles. The van der Waals surface area contributed by atoms with Crippen molar-refractivity contribution < 1.29 is 5.21 Å². The Bertz CT molecular complexity index is 193. The van der Waals surface area contributed by atoms with Gasteiger partial charge in [0.25, 0.3) is 0 Å². The van der Waals surface area contributed by atoms with Crippen LogP contribution in [0, 0.1) is 17.8 Å². The van der Waals surface area contributed by atoms with Gasteiger partial charge in [0.15, 0.2) is 0 Å². The number of hydrogen-bond donors (Lipinski definition) is 3. The first-order valence-electron chi connectivity index (χ1n) is 4.83. The summed E-state index contributed by atoms with van der Waals surface area (Å²) in [5.74, 6) is 2.14. The van der Waals surface area contributed by atoms with Crippen LogP contribution < -0.4 is 11.1 Å². The van der Waals surface area contributed by atoms with E-state index < -0.39 is 0 Å². The molecule has 1 aliphatic carbocycles. The maximum absolute atomic E-state index is 8.40. The van der Waals surface area contributed by atoms with Gasteiger partial charge in [-0.2, -0.15) is 0 Å². The first kappa shape index (κ1) is 10.3. The highest BCUT2D eigenvalue weighted by atomic mass is 16.4. The van der Waals surface area contributed by atoms with E-state index >= 15 is 0 Å². The summed E-state index contributed by atoms with van der Waals surface area (Å²) < 4.78 is 0. The summed E-state index contributed by atoms with van der Waals surface area (Å²) in [5.41, 5.74) is 5.44. The van der Waals surface area contributed by atoms with Crippen molar-refractivity contribution in [1.29, 1.82) is 0 Å². The van der Waals surface area contributed by atoms with E-state index in [4.69, 9.17) is 10.9 Å². The molecule has 4 nitrogen and oxygen atoms in total. The van der Waals surface area contributed by atoms with Gasteiger partial charge in [0, 0.05) is 12.5 Å². The lowest BCUT2D eigenvalue weighted by Gasteiger charge is -2.10. The van der Waals surface area contributed by atoms with Crippen LogP contribution in [0.15, 0.2) is 5.16 Å². The van der Waals surface area contributed by atoms with Crippen LogP contribution in [0.25, 0.3) is 0 Å². The first-order chi connectivity index (χ1) is 6.15. The second-order valence-corrected chi connectivity index (χ2v) is 4.06. The monoisotopic (exact) mass is 185 g/mol. The summed E-state index contributed by atoms with van der Waals surface area (Å²) in [5, 5.41) is 14.7. The average molecular weight is 185 g/mol. The molecule has 13 heavy (non-hydrogen) atoms. The number of rotatable bonds is 5. The molecule has 1 saturated carbocycles. The molecular weight excluding hydrogens is 166 g/mol. The van der Waals surface area contributed by atoms with Crippen LogP contribution in [0.5, 0.6) is 0 Å². The standard InChI is InChI=1S/C9H19N3O/c1-6-3-8(6)5-11-4-7(2)9(10)12-13/h6-8,11,13H,3-5H2,1-2H3,(H2,10,12). The van der Waals surface area contributed by atoms with Gasteiger partial charge >= 0.3 is 0 Å². The fourth-order valence-corrected chi connectivity index (χ4v) is 1.37. The predicted molar refractivity (Wildman–Crippen MR) is 52.7 cm³/mol. The van der Waals surface area contributed by atoms with Gasteiger partial charge < -0.3 is 16.3 Å². The lowest BCUT2D eigenvalue weighted by Crippen LogP contribution is -2.32. The van der Waals surface area contributed by atoms with E-state index in [9.17, 15) is 0 Å². The quantitative estimate of drug-likeness (QED) is 0.254. The van der Waals surface area contributed by atoms with Crippen LogP contribution in [0.2, 0.25) is 0 Å². The minimum Gasteiger partial charge on any atom is -0.409 e. The van der Waals surface area contributed by atoms with E-state index in [-0.39, 0.29) is 5.92 Å². The Kier molecular flexibility index (Phi) is 3.54. The largest absolute Gasteiger partial charge is 0.409 e. The average Bonchev–Trinajstić information content (AvgIpc) is 2.80. The van der Waals surface area contributed by atoms with Crippen molar-refractivity contribution in [2.75, 3.05) is 13.1 Å². The smallest absolute Gasteiger partial charge is 0.143 e. The van der Waals surface area contributed by atoms with Crippen molar-refractivity contribution >= 4 is 5.84 Å². The third kappa shape index (κ3) is 3.22. The maximum atomic E-state index is 8.40. The van der Waals surface area contributed by atoms with Gasteiger partial charge in [-0.05, 0) is 24.8 Å². The Morgan fingerprint density at radius 1 is 1.77 bits per heavy atom. The minimum absolute atomic E-state index is 0.110. The van der Waals surface area contributed by atoms with Gasteiger partial charge in [-0.3, -0.25) is 0 Å². The molecule has 1 fully saturated rings. The van der Waals surface area contributed by atoms with Crippen LogP contribution in [0.3, 0.4) is 0 Å². The van der Waals surface area contributed by atoms with E-state index in [1.807, 2.05) is 6.92 Å². The Balaban J connectivity index is 2.05. The zero-order chi connectivity index (χ0) is 9.84. The lowest BCUT2D eigenvalue weighted by molar-refractivity contribution is 0.314. The molecule has 4 N–H and O–H groups in total. The molecule has 0 amide bonds. The summed E-state index contributed by atoms with van der Waals surface area (Å²) in [6, 6.07) is 0. The number of nitrogens with zero attached hydrogens (tertiary/aromatic N) is 1. The number of oxime groups is 1. The zero-order valence-corrected chi connectivity index (χ0v) is 8.33. The molecule has 3 atom stereocenters. The molecule has 3 unspecified atom stereocenters. The SMILES string of the molecule is CC(CNCC1CC1C)C(N)=NO. The predicted octanol–water partition coefficient (Wildman–Crippen LogP) is 0.615. The van der Waals surface area contributed by atoms with E-state index in [1.165, 1.54) is 6.42 Å². The maximum Gasteiger partial charge on any atom is 0.143 e. The third-order valence-corrected chi connectivity index (χ3v) is 2.75. The Labute approximate surface area is 79.2 Å². The van der Waals surface area contributed by atoms with Crippen LogP contribution in [0.1, 0.15) is 20.3 Å². The highest BCUT2D eigenvalue weighted by Crippen LogP contribution is 2.36. The third-order valence-electron chi connectivity index (χ3n) is 2.75. The molecule has 1 rings (SSSR count). The number of hydrogen-bond acceptors (Lipinski definition) is 3. The highest BCUT2D eigenvalue weighted by molar-refractivity contribution is 5.82. The van der Waals surface area contributed by atoms with E-state index in [1.54, 1.807) is 0 Å². The van der Waals surface area contributed by atoms with Crippen molar-refractivity contribution in [2.45, 2.75) is 20.3 Å². The molecule has 0 spiro atoms. The highest BCUT2D eigenvalue weighted by Gasteiger charge is 2.31. The lowest BCUT2D eigenvalue weighted by atomic mass is 10.1. The van der Waals surface area contributed by atoms with Crippen LogP contribution in [-0.2, 0) is 0 Å².